The second-order valence-corrected chi connectivity index (χ2v) is 5.45. The van der Waals surface area contributed by atoms with Crippen LogP contribution in [0.1, 0.15) is 0 Å². The molecule has 0 spiro atoms. The molecule has 0 heterocycles. The normalized spacial score (nSPS) is 12.0. The maximum atomic E-state index is 11.1. The summed E-state index contributed by atoms with van der Waals surface area (Å²) in [6.45, 7) is -0.0425. The van der Waals surface area contributed by atoms with Crippen molar-refractivity contribution in [2.24, 2.45) is 0 Å². The summed E-state index contributed by atoms with van der Waals surface area (Å²) in [6.07, 6.45) is -1.48. The standard InChI is InChI=1S/C12H13NO5S/c14-12(15)7-13-11-3-1-2-8-6-9(19(16,17)18)4-5-10(8)11/h1-6,12-15H,7H2,(H,16,17,18). The molecule has 19 heavy (non-hydrogen) atoms. The Morgan fingerprint density at radius 3 is 2.53 bits per heavy atom. The van der Waals surface area contributed by atoms with E-state index in [0.717, 1.165) is 5.39 Å². The van der Waals surface area contributed by atoms with Crippen LogP contribution in [0.15, 0.2) is 41.3 Å². The molecule has 0 amide bonds. The number of nitrogens with one attached hydrogen (secondary N) is 1. The van der Waals surface area contributed by atoms with Crippen LogP contribution in [-0.4, -0.2) is 36.0 Å². The van der Waals surface area contributed by atoms with Gasteiger partial charge in [-0.2, -0.15) is 8.42 Å². The number of benzene rings is 2. The summed E-state index contributed by atoms with van der Waals surface area (Å²) in [7, 11) is -4.23. The van der Waals surface area contributed by atoms with Crippen LogP contribution in [0.3, 0.4) is 0 Å². The van der Waals surface area contributed by atoms with E-state index in [2.05, 4.69) is 5.32 Å². The molecule has 0 fully saturated rings. The molecule has 0 aromatic heterocycles. The highest BCUT2D eigenvalue weighted by Crippen LogP contribution is 2.25. The Labute approximate surface area is 110 Å². The average molecular weight is 283 g/mol. The first-order valence-electron chi connectivity index (χ1n) is 5.48. The number of hydrogen-bond donors (Lipinski definition) is 4. The molecule has 4 N–H and O–H groups in total. The van der Waals surface area contributed by atoms with Crippen LogP contribution in [-0.2, 0) is 10.1 Å². The minimum absolute atomic E-state index is 0.0425. The van der Waals surface area contributed by atoms with Gasteiger partial charge in [0.25, 0.3) is 10.1 Å². The average Bonchev–Trinajstić information content (AvgIpc) is 2.34. The lowest BCUT2D eigenvalue weighted by molar-refractivity contribution is -0.0275. The fraction of sp³-hybridized carbons (Fsp3) is 0.167. The highest BCUT2D eigenvalue weighted by atomic mass is 32.2. The van der Waals surface area contributed by atoms with Crippen LogP contribution >= 0.6 is 0 Å². The van der Waals surface area contributed by atoms with Crippen LogP contribution in [0, 0.1) is 0 Å². The molecule has 0 radical (unpaired) electrons. The van der Waals surface area contributed by atoms with Crippen LogP contribution in [0.4, 0.5) is 5.69 Å². The Balaban J connectivity index is 2.47. The molecule has 0 aliphatic carbocycles. The maximum Gasteiger partial charge on any atom is 0.294 e. The van der Waals surface area contributed by atoms with Crippen molar-refractivity contribution >= 4 is 26.6 Å². The van der Waals surface area contributed by atoms with Crippen LogP contribution in [0.5, 0.6) is 0 Å². The largest absolute Gasteiger partial charge is 0.379 e. The highest BCUT2D eigenvalue weighted by molar-refractivity contribution is 7.85. The lowest BCUT2D eigenvalue weighted by Crippen LogP contribution is -2.18. The van der Waals surface area contributed by atoms with Gasteiger partial charge in [0.2, 0.25) is 0 Å². The molecule has 0 aliphatic rings. The second kappa shape index (κ2) is 5.14. The van der Waals surface area contributed by atoms with E-state index >= 15 is 0 Å². The number of aliphatic hydroxyl groups is 2. The van der Waals surface area contributed by atoms with Crippen LogP contribution in [0.25, 0.3) is 10.8 Å². The summed E-state index contributed by atoms with van der Waals surface area (Å²) in [6, 6.07) is 9.32. The number of aliphatic hydroxyl groups excluding tert-OH is 1. The minimum atomic E-state index is -4.23. The quantitative estimate of drug-likeness (QED) is 0.488. The Morgan fingerprint density at radius 2 is 1.89 bits per heavy atom. The highest BCUT2D eigenvalue weighted by Gasteiger charge is 2.11. The topological polar surface area (TPSA) is 107 Å². The maximum absolute atomic E-state index is 11.1. The first-order chi connectivity index (χ1) is 8.88. The van der Waals surface area contributed by atoms with Gasteiger partial charge in [-0.25, -0.2) is 0 Å². The molecule has 7 heteroatoms. The zero-order chi connectivity index (χ0) is 14.0. The summed E-state index contributed by atoms with van der Waals surface area (Å²) in [4.78, 5) is -0.181. The molecule has 0 bridgehead atoms. The molecule has 2 aromatic rings. The summed E-state index contributed by atoms with van der Waals surface area (Å²) >= 11 is 0. The first kappa shape index (κ1) is 13.8. The number of hydrogen-bond acceptors (Lipinski definition) is 5. The van der Waals surface area contributed by atoms with Crippen molar-refractivity contribution in [1.29, 1.82) is 0 Å². The van der Waals surface area contributed by atoms with Gasteiger partial charge in [0.05, 0.1) is 11.4 Å². The lowest BCUT2D eigenvalue weighted by atomic mass is 10.1. The van der Waals surface area contributed by atoms with Crippen molar-refractivity contribution in [2.45, 2.75) is 11.2 Å². The van der Waals surface area contributed by atoms with Gasteiger partial charge in [-0.1, -0.05) is 18.2 Å². The van der Waals surface area contributed by atoms with Gasteiger partial charge < -0.3 is 15.5 Å². The minimum Gasteiger partial charge on any atom is -0.379 e. The van der Waals surface area contributed by atoms with E-state index < -0.39 is 16.4 Å². The summed E-state index contributed by atoms with van der Waals surface area (Å²) in [5, 5.41) is 21.8. The van der Waals surface area contributed by atoms with Gasteiger partial charge in [0, 0.05) is 11.1 Å². The van der Waals surface area contributed by atoms with Gasteiger partial charge in [0.1, 0.15) is 0 Å². The van der Waals surface area contributed by atoms with Crippen molar-refractivity contribution in [3.05, 3.63) is 36.4 Å². The molecule has 0 saturated carbocycles. The van der Waals surface area contributed by atoms with Crippen LogP contribution < -0.4 is 5.32 Å². The van der Waals surface area contributed by atoms with Crippen molar-refractivity contribution < 1.29 is 23.2 Å². The zero-order valence-corrected chi connectivity index (χ0v) is 10.6. The molecule has 0 aliphatic heterocycles. The zero-order valence-electron chi connectivity index (χ0n) is 9.81. The third kappa shape index (κ3) is 3.21. The van der Waals surface area contributed by atoms with Gasteiger partial charge >= 0.3 is 0 Å². The summed E-state index contributed by atoms with van der Waals surface area (Å²) in [5.41, 5.74) is 0.646. The van der Waals surface area contributed by atoms with Gasteiger partial charge in [0.15, 0.2) is 6.29 Å². The number of rotatable bonds is 4. The second-order valence-electron chi connectivity index (χ2n) is 4.03. The fourth-order valence-corrected chi connectivity index (χ4v) is 2.29. The molecule has 0 unspecified atom stereocenters. The Kier molecular flexibility index (Phi) is 3.72. The van der Waals surface area contributed by atoms with E-state index in [9.17, 15) is 8.42 Å². The van der Waals surface area contributed by atoms with E-state index in [1.807, 2.05) is 0 Å². The molecular weight excluding hydrogens is 270 g/mol. The molecule has 102 valence electrons. The van der Waals surface area contributed by atoms with Crippen molar-refractivity contribution in [2.75, 3.05) is 11.9 Å². The molecule has 0 atom stereocenters. The van der Waals surface area contributed by atoms with Crippen molar-refractivity contribution in [3.63, 3.8) is 0 Å². The third-order valence-corrected chi connectivity index (χ3v) is 3.47. The van der Waals surface area contributed by atoms with E-state index in [4.69, 9.17) is 14.8 Å². The van der Waals surface area contributed by atoms with Crippen LogP contribution in [0.2, 0.25) is 0 Å². The molecule has 2 rings (SSSR count). The fourth-order valence-electron chi connectivity index (χ4n) is 1.78. The number of anilines is 1. The summed E-state index contributed by atoms with van der Waals surface area (Å²) < 4.78 is 31.1. The van der Waals surface area contributed by atoms with E-state index in [-0.39, 0.29) is 11.4 Å². The SMILES string of the molecule is O=S(=O)(O)c1ccc2c(NCC(O)O)cccc2c1. The van der Waals surface area contributed by atoms with Gasteiger partial charge in [-0.05, 0) is 23.6 Å². The third-order valence-electron chi connectivity index (χ3n) is 2.62. The molecule has 2 aromatic carbocycles. The molecule has 0 saturated heterocycles. The molecule has 6 nitrogen and oxygen atoms in total. The smallest absolute Gasteiger partial charge is 0.294 e. The monoisotopic (exact) mass is 283 g/mol. The lowest BCUT2D eigenvalue weighted by Gasteiger charge is -2.11. The Morgan fingerprint density at radius 1 is 1.16 bits per heavy atom. The van der Waals surface area contributed by atoms with E-state index in [1.54, 1.807) is 24.3 Å². The molecular formula is C12H13NO5S. The van der Waals surface area contributed by atoms with E-state index in [0.29, 0.717) is 11.1 Å². The number of fused-ring (bicyclic) bond motifs is 1. The predicted molar refractivity (Wildman–Crippen MR) is 70.5 cm³/mol. The Bertz CT molecular complexity index is 696. The van der Waals surface area contributed by atoms with Crippen molar-refractivity contribution in [1.82, 2.24) is 0 Å². The van der Waals surface area contributed by atoms with E-state index in [1.165, 1.54) is 12.1 Å². The predicted octanol–water partition coefficient (Wildman–Crippen LogP) is 0.809. The van der Waals surface area contributed by atoms with Gasteiger partial charge in [-0.3, -0.25) is 4.55 Å². The van der Waals surface area contributed by atoms with Gasteiger partial charge in [-0.15, -0.1) is 0 Å². The first-order valence-corrected chi connectivity index (χ1v) is 6.92. The summed E-state index contributed by atoms with van der Waals surface area (Å²) in [5.74, 6) is 0. The van der Waals surface area contributed by atoms with Crippen molar-refractivity contribution in [3.8, 4) is 0 Å². The Hall–Kier alpha value is -1.67.